The largest absolute Gasteiger partial charge is 0.505 e. The van der Waals surface area contributed by atoms with Crippen molar-refractivity contribution in [3.8, 4) is 11.5 Å². The molecule has 1 fully saturated rings. The van der Waals surface area contributed by atoms with Gasteiger partial charge in [-0.05, 0) is 12.1 Å². The third-order valence-corrected chi connectivity index (χ3v) is 2.73. The van der Waals surface area contributed by atoms with Crippen molar-refractivity contribution in [2.45, 2.75) is 12.5 Å². The molecule has 1 atom stereocenters. The molecule has 4 N–H and O–H groups in total. The van der Waals surface area contributed by atoms with Crippen LogP contribution in [0.5, 0.6) is 11.5 Å². The van der Waals surface area contributed by atoms with E-state index in [1.165, 1.54) is 6.07 Å². The van der Waals surface area contributed by atoms with Gasteiger partial charge in [0.05, 0.1) is 0 Å². The number of halogens is 1. The maximum absolute atomic E-state index is 13.3. The van der Waals surface area contributed by atoms with E-state index in [0.717, 1.165) is 6.07 Å². The number of nitrogens with one attached hydrogen (secondary N) is 2. The van der Waals surface area contributed by atoms with Gasteiger partial charge in [-0.15, -0.1) is 0 Å². The zero-order chi connectivity index (χ0) is 12.4. The minimum absolute atomic E-state index is 0.123. The van der Waals surface area contributed by atoms with Crippen molar-refractivity contribution in [1.82, 2.24) is 10.6 Å². The van der Waals surface area contributed by atoms with Crippen LogP contribution in [0, 0.1) is 5.82 Å². The molecule has 1 saturated heterocycles. The summed E-state index contributed by atoms with van der Waals surface area (Å²) in [6.07, 6.45) is 0.123. The van der Waals surface area contributed by atoms with Crippen LogP contribution in [0.3, 0.4) is 0 Å². The Morgan fingerprint density at radius 3 is 2.82 bits per heavy atom. The summed E-state index contributed by atoms with van der Waals surface area (Å²) >= 11 is 0. The van der Waals surface area contributed by atoms with Gasteiger partial charge in [-0.2, -0.15) is 4.39 Å². The van der Waals surface area contributed by atoms with Crippen LogP contribution in [-0.4, -0.2) is 29.2 Å². The molecule has 0 aliphatic carbocycles. The molecule has 1 aromatic rings. The number of phenolic OH excluding ortho intramolecular Hbond substituents is 2. The Bertz CT molecular complexity index is 451. The van der Waals surface area contributed by atoms with E-state index in [4.69, 9.17) is 5.11 Å². The number of phenols is 2. The Hall–Kier alpha value is -1.82. The average molecular weight is 240 g/mol. The van der Waals surface area contributed by atoms with Gasteiger partial charge >= 0.3 is 0 Å². The smallest absolute Gasteiger partial charge is 0.221 e. The molecule has 1 heterocycles. The number of hydrogen-bond acceptors (Lipinski definition) is 4. The van der Waals surface area contributed by atoms with Crippen LogP contribution in [0.15, 0.2) is 12.1 Å². The van der Waals surface area contributed by atoms with Gasteiger partial charge in [0.25, 0.3) is 0 Å². The highest BCUT2D eigenvalue weighted by molar-refractivity contribution is 5.77. The lowest BCUT2D eigenvalue weighted by molar-refractivity contribution is -0.121. The van der Waals surface area contributed by atoms with Crippen molar-refractivity contribution in [3.63, 3.8) is 0 Å². The van der Waals surface area contributed by atoms with Crippen LogP contribution in [0.1, 0.15) is 18.0 Å². The first-order chi connectivity index (χ1) is 8.09. The normalized spacial score (nSPS) is 20.8. The second-order valence-electron chi connectivity index (χ2n) is 3.90. The third kappa shape index (κ3) is 2.31. The highest BCUT2D eigenvalue weighted by atomic mass is 19.1. The fourth-order valence-electron chi connectivity index (χ4n) is 1.85. The number of carbonyl (C=O) groups is 1. The van der Waals surface area contributed by atoms with E-state index in [-0.39, 0.29) is 17.9 Å². The lowest BCUT2D eigenvalue weighted by atomic mass is 10.0. The quantitative estimate of drug-likeness (QED) is 0.572. The molecule has 1 unspecified atom stereocenters. The molecule has 6 heteroatoms. The molecule has 1 aliphatic rings. The fourth-order valence-corrected chi connectivity index (χ4v) is 1.85. The maximum atomic E-state index is 13.3. The van der Waals surface area contributed by atoms with Crippen molar-refractivity contribution in [2.75, 3.05) is 13.1 Å². The number of amides is 1. The minimum atomic E-state index is -1.06. The lowest BCUT2D eigenvalue weighted by Gasteiger charge is -2.16. The van der Waals surface area contributed by atoms with Crippen LogP contribution >= 0.6 is 0 Å². The summed E-state index contributed by atoms with van der Waals surface area (Å²) in [7, 11) is 0. The second kappa shape index (κ2) is 4.58. The van der Waals surface area contributed by atoms with Crippen molar-refractivity contribution >= 4 is 5.91 Å². The lowest BCUT2D eigenvalue weighted by Crippen LogP contribution is -2.24. The monoisotopic (exact) mass is 240 g/mol. The Morgan fingerprint density at radius 1 is 1.29 bits per heavy atom. The van der Waals surface area contributed by atoms with Gasteiger partial charge in [-0.1, -0.05) is 0 Å². The summed E-state index contributed by atoms with van der Waals surface area (Å²) in [6, 6.07) is 2.12. The Labute approximate surface area is 97.3 Å². The fraction of sp³-hybridized carbons (Fsp3) is 0.364. The Morgan fingerprint density at radius 2 is 2.06 bits per heavy atom. The average Bonchev–Trinajstić information content (AvgIpc) is 2.51. The maximum Gasteiger partial charge on any atom is 0.221 e. The molecule has 1 amide bonds. The molecule has 0 saturated carbocycles. The molecular weight excluding hydrogens is 227 g/mol. The van der Waals surface area contributed by atoms with Crippen LogP contribution in [-0.2, 0) is 4.79 Å². The Balaban J connectivity index is 2.32. The van der Waals surface area contributed by atoms with Crippen molar-refractivity contribution in [3.05, 3.63) is 23.5 Å². The number of aromatic hydroxyl groups is 2. The summed E-state index contributed by atoms with van der Waals surface area (Å²) in [4.78, 5) is 11.4. The SMILES string of the molecule is O=C1CC(c2ccc(O)c(F)c2O)NCCN1. The number of rotatable bonds is 1. The van der Waals surface area contributed by atoms with Crippen molar-refractivity contribution in [1.29, 1.82) is 0 Å². The zero-order valence-electron chi connectivity index (χ0n) is 9.03. The van der Waals surface area contributed by atoms with E-state index in [2.05, 4.69) is 10.6 Å². The first-order valence-corrected chi connectivity index (χ1v) is 5.30. The zero-order valence-corrected chi connectivity index (χ0v) is 9.03. The summed E-state index contributed by atoms with van der Waals surface area (Å²) in [5.41, 5.74) is 0.275. The molecule has 0 radical (unpaired) electrons. The molecule has 2 rings (SSSR count). The van der Waals surface area contributed by atoms with Gasteiger partial charge in [0.15, 0.2) is 11.5 Å². The van der Waals surface area contributed by atoms with E-state index in [1.807, 2.05) is 0 Å². The van der Waals surface area contributed by atoms with E-state index in [1.54, 1.807) is 0 Å². The standard InChI is InChI=1S/C11H13FN2O3/c12-10-8(15)2-1-6(11(10)17)7-5-9(16)14-4-3-13-7/h1-2,7,13,15,17H,3-5H2,(H,14,16). The highest BCUT2D eigenvalue weighted by Crippen LogP contribution is 2.33. The molecule has 1 aromatic carbocycles. The van der Waals surface area contributed by atoms with E-state index < -0.39 is 23.4 Å². The predicted octanol–water partition coefficient (Wildman–Crippen LogP) is 0.388. The molecule has 0 spiro atoms. The number of carbonyl (C=O) groups excluding carboxylic acids is 1. The van der Waals surface area contributed by atoms with Crippen LogP contribution in [0.25, 0.3) is 0 Å². The second-order valence-corrected chi connectivity index (χ2v) is 3.90. The molecule has 1 aliphatic heterocycles. The molecular formula is C11H13FN2O3. The van der Waals surface area contributed by atoms with E-state index in [0.29, 0.717) is 13.1 Å². The van der Waals surface area contributed by atoms with E-state index >= 15 is 0 Å². The molecule has 92 valence electrons. The molecule has 5 nitrogen and oxygen atoms in total. The van der Waals surface area contributed by atoms with Crippen LogP contribution in [0.4, 0.5) is 4.39 Å². The van der Waals surface area contributed by atoms with Gasteiger partial charge in [0, 0.05) is 31.1 Å². The number of hydrogen-bond donors (Lipinski definition) is 4. The topological polar surface area (TPSA) is 81.6 Å². The first-order valence-electron chi connectivity index (χ1n) is 5.30. The summed E-state index contributed by atoms with van der Waals surface area (Å²) in [5.74, 6) is -2.44. The summed E-state index contributed by atoms with van der Waals surface area (Å²) < 4.78 is 13.3. The third-order valence-electron chi connectivity index (χ3n) is 2.73. The molecule has 17 heavy (non-hydrogen) atoms. The van der Waals surface area contributed by atoms with Gasteiger partial charge in [0.2, 0.25) is 11.7 Å². The van der Waals surface area contributed by atoms with Crippen LogP contribution in [0.2, 0.25) is 0 Å². The Kier molecular flexibility index (Phi) is 3.14. The van der Waals surface area contributed by atoms with Gasteiger partial charge in [-0.25, -0.2) is 0 Å². The predicted molar refractivity (Wildman–Crippen MR) is 58.1 cm³/mol. The first kappa shape index (κ1) is 11.7. The summed E-state index contributed by atoms with van der Waals surface area (Å²) in [5, 5.41) is 24.4. The van der Waals surface area contributed by atoms with Gasteiger partial charge in [0.1, 0.15) is 0 Å². The van der Waals surface area contributed by atoms with Crippen LogP contribution < -0.4 is 10.6 Å². The van der Waals surface area contributed by atoms with Gasteiger partial charge in [-0.3, -0.25) is 4.79 Å². The molecule has 0 bridgehead atoms. The van der Waals surface area contributed by atoms with Gasteiger partial charge < -0.3 is 20.8 Å². The molecule has 0 aromatic heterocycles. The van der Waals surface area contributed by atoms with Crippen molar-refractivity contribution < 1.29 is 19.4 Å². The van der Waals surface area contributed by atoms with E-state index in [9.17, 15) is 14.3 Å². The highest BCUT2D eigenvalue weighted by Gasteiger charge is 2.23. The summed E-state index contributed by atoms with van der Waals surface area (Å²) in [6.45, 7) is 1.04. The number of benzene rings is 1. The minimum Gasteiger partial charge on any atom is -0.505 e. The van der Waals surface area contributed by atoms with Crippen molar-refractivity contribution in [2.24, 2.45) is 0 Å².